The van der Waals surface area contributed by atoms with E-state index in [1.807, 2.05) is 6.92 Å². The van der Waals surface area contributed by atoms with Gasteiger partial charge >= 0.3 is 0 Å². The molecule has 0 radical (unpaired) electrons. The average molecular weight is 311 g/mol. The molecular formula is C13H12BrFN2O. The van der Waals surface area contributed by atoms with E-state index in [1.54, 1.807) is 19.2 Å². The van der Waals surface area contributed by atoms with Gasteiger partial charge in [-0.3, -0.25) is 9.48 Å². The van der Waals surface area contributed by atoms with E-state index < -0.39 is 5.82 Å². The molecule has 94 valence electrons. The van der Waals surface area contributed by atoms with E-state index in [0.29, 0.717) is 10.2 Å². The Hall–Kier alpha value is -1.49. The van der Waals surface area contributed by atoms with Crippen LogP contribution in [0.5, 0.6) is 0 Å². The van der Waals surface area contributed by atoms with E-state index in [9.17, 15) is 9.18 Å². The van der Waals surface area contributed by atoms with Crippen LogP contribution < -0.4 is 0 Å². The highest BCUT2D eigenvalue weighted by atomic mass is 79.9. The number of halogens is 2. The summed E-state index contributed by atoms with van der Waals surface area (Å²) >= 11 is 3.23. The Kier molecular flexibility index (Phi) is 3.61. The van der Waals surface area contributed by atoms with E-state index in [4.69, 9.17) is 0 Å². The Morgan fingerprint density at radius 2 is 2.17 bits per heavy atom. The van der Waals surface area contributed by atoms with Gasteiger partial charge in [-0.15, -0.1) is 0 Å². The second-order valence-electron chi connectivity index (χ2n) is 3.95. The average Bonchev–Trinajstić information content (AvgIpc) is 2.73. The minimum absolute atomic E-state index is 0.0510. The van der Waals surface area contributed by atoms with Crippen LogP contribution in [0.3, 0.4) is 0 Å². The van der Waals surface area contributed by atoms with Crippen molar-refractivity contribution in [3.05, 3.63) is 51.5 Å². The topological polar surface area (TPSA) is 34.9 Å². The van der Waals surface area contributed by atoms with Gasteiger partial charge in [-0.05, 0) is 30.7 Å². The van der Waals surface area contributed by atoms with Gasteiger partial charge in [0.25, 0.3) is 0 Å². The fourth-order valence-corrected chi connectivity index (χ4v) is 2.08. The number of carbonyl (C=O) groups excluding carboxylic acids is 1. The molecule has 1 aromatic heterocycles. The van der Waals surface area contributed by atoms with Gasteiger partial charge in [0.1, 0.15) is 11.5 Å². The summed E-state index contributed by atoms with van der Waals surface area (Å²) in [6.07, 6.45) is 0.738. The zero-order chi connectivity index (χ0) is 13.3. The van der Waals surface area contributed by atoms with Crippen molar-refractivity contribution >= 4 is 21.7 Å². The van der Waals surface area contributed by atoms with Gasteiger partial charge in [0.15, 0.2) is 0 Å². The minimum atomic E-state index is -0.526. The van der Waals surface area contributed by atoms with Crippen LogP contribution in [0.4, 0.5) is 4.39 Å². The zero-order valence-corrected chi connectivity index (χ0v) is 11.7. The molecule has 0 bridgehead atoms. The van der Waals surface area contributed by atoms with Gasteiger partial charge in [0.05, 0.1) is 11.3 Å². The number of hydrogen-bond acceptors (Lipinski definition) is 2. The second kappa shape index (κ2) is 5.02. The molecule has 0 fully saturated rings. The molecule has 0 aliphatic carbocycles. The Morgan fingerprint density at radius 1 is 1.44 bits per heavy atom. The molecule has 1 heterocycles. The number of rotatable bonds is 3. The normalized spacial score (nSPS) is 10.7. The van der Waals surface area contributed by atoms with Crippen LogP contribution in [-0.4, -0.2) is 15.6 Å². The van der Waals surface area contributed by atoms with Crippen molar-refractivity contribution in [2.45, 2.75) is 13.3 Å². The molecule has 0 aliphatic heterocycles. The first-order valence-corrected chi connectivity index (χ1v) is 6.35. The predicted octanol–water partition coefficient (Wildman–Crippen LogP) is 3.12. The van der Waals surface area contributed by atoms with Crippen molar-refractivity contribution in [3.63, 3.8) is 0 Å². The number of benzene rings is 1. The lowest BCUT2D eigenvalue weighted by molar-refractivity contribution is 0.102. The van der Waals surface area contributed by atoms with Gasteiger partial charge in [-0.25, -0.2) is 4.39 Å². The van der Waals surface area contributed by atoms with Crippen LogP contribution in [0.2, 0.25) is 0 Å². The highest BCUT2D eigenvalue weighted by molar-refractivity contribution is 9.10. The molecule has 5 heteroatoms. The summed E-state index contributed by atoms with van der Waals surface area (Å²) in [7, 11) is 1.68. The molecule has 18 heavy (non-hydrogen) atoms. The highest BCUT2D eigenvalue weighted by Crippen LogP contribution is 2.19. The number of ketones is 1. The van der Waals surface area contributed by atoms with Gasteiger partial charge in [0, 0.05) is 11.5 Å². The fourth-order valence-electron chi connectivity index (χ4n) is 1.72. The van der Waals surface area contributed by atoms with Gasteiger partial charge in [-0.2, -0.15) is 5.10 Å². The van der Waals surface area contributed by atoms with Crippen LogP contribution >= 0.6 is 15.9 Å². The third-order valence-electron chi connectivity index (χ3n) is 2.70. The minimum Gasteiger partial charge on any atom is -0.287 e. The lowest BCUT2D eigenvalue weighted by atomic mass is 10.1. The van der Waals surface area contributed by atoms with Gasteiger partial charge in [0.2, 0.25) is 5.78 Å². The number of aryl methyl sites for hydroxylation is 2. The third-order valence-corrected chi connectivity index (χ3v) is 3.19. The Balaban J connectivity index is 2.47. The molecule has 0 amide bonds. The molecule has 0 aliphatic rings. The molecule has 3 nitrogen and oxygen atoms in total. The summed E-state index contributed by atoms with van der Waals surface area (Å²) < 4.78 is 15.8. The number of hydrogen-bond donors (Lipinski definition) is 0. The first kappa shape index (κ1) is 13.0. The Labute approximate surface area is 113 Å². The van der Waals surface area contributed by atoms with Crippen LogP contribution in [0.15, 0.2) is 28.7 Å². The molecule has 0 spiro atoms. The van der Waals surface area contributed by atoms with Crippen LogP contribution in [0.25, 0.3) is 0 Å². The predicted molar refractivity (Wildman–Crippen MR) is 70.1 cm³/mol. The maximum absolute atomic E-state index is 13.7. The fraction of sp³-hybridized carbons (Fsp3) is 0.231. The van der Waals surface area contributed by atoms with Crippen molar-refractivity contribution in [2.75, 3.05) is 0 Å². The number of nitrogens with zero attached hydrogens (tertiary/aromatic N) is 2. The molecular weight excluding hydrogens is 299 g/mol. The van der Waals surface area contributed by atoms with Crippen molar-refractivity contribution in [1.29, 1.82) is 0 Å². The second-order valence-corrected chi connectivity index (χ2v) is 4.87. The quantitative estimate of drug-likeness (QED) is 0.816. The van der Waals surface area contributed by atoms with E-state index in [1.165, 1.54) is 16.8 Å². The van der Waals surface area contributed by atoms with Crippen LogP contribution in [0.1, 0.15) is 28.7 Å². The first-order chi connectivity index (χ1) is 8.52. The van der Waals surface area contributed by atoms with E-state index in [2.05, 4.69) is 21.0 Å². The SMILES string of the molecule is CCc1cc(C(=O)c2cc(Br)ccc2F)n(C)n1. The lowest BCUT2D eigenvalue weighted by Gasteiger charge is -2.03. The van der Waals surface area contributed by atoms with E-state index in [0.717, 1.165) is 12.1 Å². The molecule has 0 atom stereocenters. The molecule has 2 aromatic rings. The maximum atomic E-state index is 13.7. The van der Waals surface area contributed by atoms with Crippen LogP contribution in [-0.2, 0) is 13.5 Å². The van der Waals surface area contributed by atoms with Gasteiger partial charge < -0.3 is 0 Å². The summed E-state index contributed by atoms with van der Waals surface area (Å²) in [6, 6.07) is 6.01. The summed E-state index contributed by atoms with van der Waals surface area (Å²) in [5, 5.41) is 4.19. The summed E-state index contributed by atoms with van der Waals surface area (Å²) in [5.74, 6) is -0.883. The van der Waals surface area contributed by atoms with Gasteiger partial charge in [-0.1, -0.05) is 22.9 Å². The first-order valence-electron chi connectivity index (χ1n) is 5.55. The molecule has 0 saturated carbocycles. The molecule has 1 aromatic carbocycles. The molecule has 2 rings (SSSR count). The number of aromatic nitrogens is 2. The third kappa shape index (κ3) is 2.36. The monoisotopic (exact) mass is 310 g/mol. The van der Waals surface area contributed by atoms with E-state index in [-0.39, 0.29) is 11.3 Å². The van der Waals surface area contributed by atoms with E-state index >= 15 is 0 Å². The smallest absolute Gasteiger partial charge is 0.213 e. The lowest BCUT2D eigenvalue weighted by Crippen LogP contribution is -2.10. The highest BCUT2D eigenvalue weighted by Gasteiger charge is 2.18. The molecule has 0 saturated heterocycles. The van der Waals surface area contributed by atoms with Crippen molar-refractivity contribution < 1.29 is 9.18 Å². The standard InChI is InChI=1S/C13H12BrFN2O/c1-3-9-7-12(17(2)16-9)13(18)10-6-8(14)4-5-11(10)15/h4-7H,3H2,1-2H3. The Bertz CT molecular complexity index is 607. The molecule has 0 N–H and O–H groups in total. The van der Waals surface area contributed by atoms with Crippen molar-refractivity contribution in [3.8, 4) is 0 Å². The maximum Gasteiger partial charge on any atom is 0.213 e. The number of carbonyl (C=O) groups is 1. The van der Waals surface area contributed by atoms with Crippen molar-refractivity contribution in [1.82, 2.24) is 9.78 Å². The van der Waals surface area contributed by atoms with Crippen LogP contribution in [0, 0.1) is 5.82 Å². The summed E-state index contributed by atoms with van der Waals surface area (Å²) in [5.41, 5.74) is 1.26. The largest absolute Gasteiger partial charge is 0.287 e. The summed E-state index contributed by atoms with van der Waals surface area (Å²) in [6.45, 7) is 1.95. The molecule has 0 unspecified atom stereocenters. The summed E-state index contributed by atoms with van der Waals surface area (Å²) in [4.78, 5) is 12.2. The van der Waals surface area contributed by atoms with Crippen molar-refractivity contribution in [2.24, 2.45) is 7.05 Å². The Morgan fingerprint density at radius 3 is 2.78 bits per heavy atom. The zero-order valence-electron chi connectivity index (χ0n) is 10.1.